The fourth-order valence-corrected chi connectivity index (χ4v) is 2.07. The summed E-state index contributed by atoms with van der Waals surface area (Å²) in [7, 11) is 1.61. The maximum atomic E-state index is 5.90. The molecule has 0 unspecified atom stereocenters. The number of nitrogens with two attached hydrogens (primary N) is 1. The van der Waals surface area contributed by atoms with Gasteiger partial charge < -0.3 is 19.9 Å². The lowest BCUT2D eigenvalue weighted by molar-refractivity contribution is 0.247. The summed E-state index contributed by atoms with van der Waals surface area (Å²) in [6.45, 7) is 5.27. The van der Waals surface area contributed by atoms with Gasteiger partial charge in [-0.3, -0.25) is 0 Å². The normalized spacial score (nSPS) is 10.3. The van der Waals surface area contributed by atoms with E-state index in [1.54, 1.807) is 13.2 Å². The molecule has 0 bridgehead atoms. The fourth-order valence-electron chi connectivity index (χ4n) is 2.07. The van der Waals surface area contributed by atoms with Gasteiger partial charge in [-0.25, -0.2) is 0 Å². The Morgan fingerprint density at radius 3 is 2.32 bits per heavy atom. The molecule has 0 heterocycles. The lowest BCUT2D eigenvalue weighted by atomic mass is 10.1. The minimum atomic E-state index is 0.557. The highest BCUT2D eigenvalue weighted by Gasteiger charge is 2.03. The molecular formula is C18H23NO3. The van der Waals surface area contributed by atoms with Crippen LogP contribution in [0.4, 0.5) is 5.69 Å². The summed E-state index contributed by atoms with van der Waals surface area (Å²) in [5.74, 6) is 2.33. The fraction of sp³-hybridized carbons (Fsp3) is 0.333. The zero-order valence-corrected chi connectivity index (χ0v) is 13.4. The second kappa shape index (κ2) is 7.59. The number of benzene rings is 2. The van der Waals surface area contributed by atoms with E-state index in [4.69, 9.17) is 19.9 Å². The first-order valence-electron chi connectivity index (χ1n) is 7.36. The van der Waals surface area contributed by atoms with Crippen molar-refractivity contribution in [2.75, 3.05) is 26.1 Å². The molecule has 0 atom stereocenters. The van der Waals surface area contributed by atoms with Gasteiger partial charge in [-0.15, -0.1) is 0 Å². The molecule has 0 fully saturated rings. The molecule has 0 aromatic heterocycles. The molecule has 0 radical (unpaired) electrons. The summed E-state index contributed by atoms with van der Waals surface area (Å²) in [6.07, 6.45) is 0.791. The Kier molecular flexibility index (Phi) is 5.53. The third kappa shape index (κ3) is 4.32. The topological polar surface area (TPSA) is 53.7 Å². The van der Waals surface area contributed by atoms with E-state index in [1.165, 1.54) is 5.56 Å². The Morgan fingerprint density at radius 1 is 0.909 bits per heavy atom. The monoisotopic (exact) mass is 301 g/mol. The first kappa shape index (κ1) is 16.0. The van der Waals surface area contributed by atoms with Crippen molar-refractivity contribution in [1.29, 1.82) is 0 Å². The molecule has 0 aliphatic heterocycles. The van der Waals surface area contributed by atoms with Crippen LogP contribution in [0.3, 0.4) is 0 Å². The quantitative estimate of drug-likeness (QED) is 0.625. The number of aryl methyl sites for hydroxylation is 2. The second-order valence-corrected chi connectivity index (χ2v) is 5.22. The van der Waals surface area contributed by atoms with Gasteiger partial charge in [0.05, 0.1) is 26.0 Å². The largest absolute Gasteiger partial charge is 0.497 e. The third-order valence-corrected chi connectivity index (χ3v) is 3.36. The zero-order chi connectivity index (χ0) is 15.9. The molecule has 0 aliphatic carbocycles. The molecule has 2 aromatic carbocycles. The van der Waals surface area contributed by atoms with Crippen molar-refractivity contribution in [3.05, 3.63) is 47.5 Å². The summed E-state index contributed by atoms with van der Waals surface area (Å²) < 4.78 is 16.6. The Morgan fingerprint density at radius 2 is 1.64 bits per heavy atom. The van der Waals surface area contributed by atoms with E-state index in [1.807, 2.05) is 19.1 Å². The van der Waals surface area contributed by atoms with Crippen LogP contribution in [-0.4, -0.2) is 20.3 Å². The highest BCUT2D eigenvalue weighted by atomic mass is 16.5. The van der Waals surface area contributed by atoms with E-state index < -0.39 is 0 Å². The molecule has 0 amide bonds. The number of hydrogen-bond acceptors (Lipinski definition) is 4. The molecule has 2 aromatic rings. The van der Waals surface area contributed by atoms with Gasteiger partial charge in [-0.2, -0.15) is 0 Å². The molecule has 2 rings (SSSR count). The van der Waals surface area contributed by atoms with Gasteiger partial charge in [0.15, 0.2) is 0 Å². The average Bonchev–Trinajstić information content (AvgIpc) is 2.51. The summed E-state index contributed by atoms with van der Waals surface area (Å²) in [5.41, 5.74) is 8.82. The van der Waals surface area contributed by atoms with E-state index in [9.17, 15) is 0 Å². The van der Waals surface area contributed by atoms with Gasteiger partial charge in [-0.05, 0) is 43.2 Å². The predicted molar refractivity (Wildman–Crippen MR) is 88.9 cm³/mol. The van der Waals surface area contributed by atoms with Crippen molar-refractivity contribution < 1.29 is 14.2 Å². The molecule has 0 spiro atoms. The molecule has 4 nitrogen and oxygen atoms in total. The van der Waals surface area contributed by atoms with Crippen molar-refractivity contribution in [2.24, 2.45) is 0 Å². The third-order valence-electron chi connectivity index (χ3n) is 3.36. The van der Waals surface area contributed by atoms with Crippen LogP contribution in [-0.2, 0) is 0 Å². The Balaban J connectivity index is 1.76. The number of hydrogen-bond donors (Lipinski definition) is 1. The van der Waals surface area contributed by atoms with Gasteiger partial charge in [0.1, 0.15) is 17.2 Å². The summed E-state index contributed by atoms with van der Waals surface area (Å²) in [4.78, 5) is 0. The van der Waals surface area contributed by atoms with Crippen LogP contribution in [0.2, 0.25) is 0 Å². The van der Waals surface area contributed by atoms with E-state index in [0.717, 1.165) is 23.5 Å². The first-order valence-corrected chi connectivity index (χ1v) is 7.36. The van der Waals surface area contributed by atoms with Crippen molar-refractivity contribution >= 4 is 5.69 Å². The van der Waals surface area contributed by atoms with Crippen LogP contribution in [0.15, 0.2) is 36.4 Å². The van der Waals surface area contributed by atoms with Crippen LogP contribution in [0.5, 0.6) is 17.2 Å². The molecule has 22 heavy (non-hydrogen) atoms. The first-order chi connectivity index (χ1) is 10.6. The van der Waals surface area contributed by atoms with Gasteiger partial charge in [0.2, 0.25) is 0 Å². The predicted octanol–water partition coefficient (Wildman–Crippen LogP) is 3.74. The Bertz CT molecular complexity index is 626. The van der Waals surface area contributed by atoms with Crippen LogP contribution in [0.1, 0.15) is 17.5 Å². The van der Waals surface area contributed by atoms with Gasteiger partial charge in [0, 0.05) is 12.5 Å². The van der Waals surface area contributed by atoms with Crippen LogP contribution >= 0.6 is 0 Å². The number of nitrogen functional groups attached to an aromatic ring is 1. The SMILES string of the molecule is COc1ccc(OCCCOc2cc(C)ccc2C)c(N)c1. The maximum absolute atomic E-state index is 5.90. The van der Waals surface area contributed by atoms with Crippen LogP contribution in [0, 0.1) is 13.8 Å². The number of methoxy groups -OCH3 is 1. The molecule has 4 heteroatoms. The lowest BCUT2D eigenvalue weighted by Crippen LogP contribution is -2.06. The van der Waals surface area contributed by atoms with Gasteiger partial charge in [0.25, 0.3) is 0 Å². The van der Waals surface area contributed by atoms with Crippen molar-refractivity contribution in [3.8, 4) is 17.2 Å². The number of rotatable bonds is 7. The lowest BCUT2D eigenvalue weighted by Gasteiger charge is -2.12. The van der Waals surface area contributed by atoms with Crippen molar-refractivity contribution in [2.45, 2.75) is 20.3 Å². The van der Waals surface area contributed by atoms with Gasteiger partial charge in [-0.1, -0.05) is 12.1 Å². The molecule has 118 valence electrons. The minimum Gasteiger partial charge on any atom is -0.497 e. The van der Waals surface area contributed by atoms with Gasteiger partial charge >= 0.3 is 0 Å². The molecule has 0 saturated heterocycles. The van der Waals surface area contributed by atoms with E-state index in [0.29, 0.717) is 24.7 Å². The summed E-state index contributed by atoms with van der Waals surface area (Å²) >= 11 is 0. The Labute approximate surface area is 131 Å². The van der Waals surface area contributed by atoms with Crippen LogP contribution in [0.25, 0.3) is 0 Å². The average molecular weight is 301 g/mol. The van der Waals surface area contributed by atoms with E-state index >= 15 is 0 Å². The number of ether oxygens (including phenoxy) is 3. The minimum absolute atomic E-state index is 0.557. The highest BCUT2D eigenvalue weighted by Crippen LogP contribution is 2.26. The highest BCUT2D eigenvalue weighted by molar-refractivity contribution is 5.56. The number of anilines is 1. The molecule has 2 N–H and O–H groups in total. The van der Waals surface area contributed by atoms with Crippen molar-refractivity contribution in [1.82, 2.24) is 0 Å². The van der Waals surface area contributed by atoms with E-state index in [2.05, 4.69) is 25.1 Å². The Hall–Kier alpha value is -2.36. The van der Waals surface area contributed by atoms with E-state index in [-0.39, 0.29) is 0 Å². The molecular weight excluding hydrogens is 278 g/mol. The maximum Gasteiger partial charge on any atom is 0.142 e. The molecule has 0 saturated carbocycles. The smallest absolute Gasteiger partial charge is 0.142 e. The molecule has 0 aliphatic rings. The van der Waals surface area contributed by atoms with Crippen molar-refractivity contribution in [3.63, 3.8) is 0 Å². The summed E-state index contributed by atoms with van der Waals surface area (Å²) in [6, 6.07) is 11.6. The second-order valence-electron chi connectivity index (χ2n) is 5.22. The standard InChI is InChI=1S/C18H23NO3/c1-13-5-6-14(2)18(11-13)22-10-4-9-21-17-8-7-15(20-3)12-16(17)19/h5-8,11-12H,4,9-10,19H2,1-3H3. The summed E-state index contributed by atoms with van der Waals surface area (Å²) in [5, 5.41) is 0. The van der Waals surface area contributed by atoms with Crippen LogP contribution < -0.4 is 19.9 Å². The zero-order valence-electron chi connectivity index (χ0n) is 13.4.